The highest BCUT2D eigenvalue weighted by molar-refractivity contribution is 5.67. The first-order valence-corrected chi connectivity index (χ1v) is 9.70. The molecule has 1 saturated carbocycles. The Morgan fingerprint density at radius 3 is 2.67 bits per heavy atom. The number of nitrogens with zero attached hydrogens (tertiary/aromatic N) is 3. The molecule has 2 atom stereocenters. The van der Waals surface area contributed by atoms with Crippen molar-refractivity contribution in [3.8, 4) is 5.69 Å². The van der Waals surface area contributed by atoms with Gasteiger partial charge in [-0.25, -0.2) is 13.9 Å². The fraction of sp³-hybridized carbons (Fsp3) is 0.500. The van der Waals surface area contributed by atoms with Gasteiger partial charge in [-0.05, 0) is 36.5 Å². The van der Waals surface area contributed by atoms with Crippen molar-refractivity contribution in [2.45, 2.75) is 43.8 Å². The van der Waals surface area contributed by atoms with E-state index in [2.05, 4.69) is 34.7 Å². The number of hydrogen-bond acceptors (Lipinski definition) is 3. The van der Waals surface area contributed by atoms with Crippen molar-refractivity contribution in [2.75, 3.05) is 19.6 Å². The van der Waals surface area contributed by atoms with Gasteiger partial charge in [0.2, 0.25) is 0 Å². The minimum atomic E-state index is -1.23. The van der Waals surface area contributed by atoms with Crippen molar-refractivity contribution in [3.63, 3.8) is 0 Å². The van der Waals surface area contributed by atoms with Crippen LogP contribution >= 0.6 is 0 Å². The number of hydrogen-bond donors (Lipinski definition) is 2. The minimum absolute atomic E-state index is 0.161. The summed E-state index contributed by atoms with van der Waals surface area (Å²) in [6.07, 6.45) is 2.16. The van der Waals surface area contributed by atoms with Crippen LogP contribution in [0.3, 0.4) is 0 Å². The van der Waals surface area contributed by atoms with E-state index in [1.807, 2.05) is 4.68 Å². The predicted octanol–water partition coefficient (Wildman–Crippen LogP) is 3.33. The van der Waals surface area contributed by atoms with Gasteiger partial charge in [0.1, 0.15) is 5.69 Å². The second-order valence-corrected chi connectivity index (χ2v) is 7.74. The molecule has 2 unspecified atom stereocenters. The summed E-state index contributed by atoms with van der Waals surface area (Å²) >= 11 is 0. The third-order valence-electron chi connectivity index (χ3n) is 6.27. The maximum Gasteiger partial charge on any atom is 0.407 e. The van der Waals surface area contributed by atoms with Crippen LogP contribution < -0.4 is 5.32 Å². The highest BCUT2D eigenvalue weighted by Gasteiger charge is 2.40. The first kappa shape index (κ1) is 16.7. The van der Waals surface area contributed by atoms with Gasteiger partial charge in [0, 0.05) is 31.6 Å². The summed E-state index contributed by atoms with van der Waals surface area (Å²) in [6, 6.07) is 8.03. The van der Waals surface area contributed by atoms with E-state index in [0.29, 0.717) is 31.1 Å². The van der Waals surface area contributed by atoms with Crippen LogP contribution in [0.5, 0.6) is 0 Å². The van der Waals surface area contributed by atoms with Gasteiger partial charge in [-0.15, -0.1) is 0 Å². The van der Waals surface area contributed by atoms with Gasteiger partial charge < -0.3 is 10.4 Å². The summed E-state index contributed by atoms with van der Waals surface area (Å²) in [5.41, 5.74) is 4.35. The molecule has 0 radical (unpaired) electrons. The zero-order valence-corrected chi connectivity index (χ0v) is 15.1. The third kappa shape index (κ3) is 2.64. The third-order valence-corrected chi connectivity index (χ3v) is 6.27. The molecule has 142 valence electrons. The minimum Gasteiger partial charge on any atom is -0.465 e. The van der Waals surface area contributed by atoms with E-state index in [1.54, 1.807) is 0 Å². The quantitative estimate of drug-likeness (QED) is 0.851. The fourth-order valence-electron chi connectivity index (χ4n) is 4.58. The Bertz CT molecular complexity index is 875. The molecule has 0 spiro atoms. The largest absolute Gasteiger partial charge is 0.465 e. The van der Waals surface area contributed by atoms with Crippen molar-refractivity contribution in [2.24, 2.45) is 0 Å². The zero-order chi connectivity index (χ0) is 18.5. The van der Waals surface area contributed by atoms with E-state index in [1.165, 1.54) is 29.7 Å². The lowest BCUT2D eigenvalue weighted by molar-refractivity contribution is 0.119. The van der Waals surface area contributed by atoms with Crippen molar-refractivity contribution >= 4 is 6.09 Å². The lowest BCUT2D eigenvalue weighted by Gasteiger charge is -2.33. The van der Waals surface area contributed by atoms with E-state index in [0.717, 1.165) is 16.9 Å². The van der Waals surface area contributed by atoms with Crippen LogP contribution in [0.25, 0.3) is 5.69 Å². The van der Waals surface area contributed by atoms with Gasteiger partial charge in [0.25, 0.3) is 0 Å². The van der Waals surface area contributed by atoms with Crippen LogP contribution in [0.15, 0.2) is 24.3 Å². The molecule has 0 bridgehead atoms. The molecule has 1 fully saturated rings. The highest BCUT2D eigenvalue weighted by atomic mass is 19.1. The monoisotopic (exact) mass is 370 g/mol. The van der Waals surface area contributed by atoms with Gasteiger partial charge in [-0.3, -0.25) is 4.90 Å². The first-order valence-electron chi connectivity index (χ1n) is 9.70. The van der Waals surface area contributed by atoms with Crippen LogP contribution in [0, 0.1) is 0 Å². The van der Waals surface area contributed by atoms with Gasteiger partial charge >= 0.3 is 6.09 Å². The van der Waals surface area contributed by atoms with Crippen molar-refractivity contribution < 1.29 is 14.3 Å². The molecular weight excluding hydrogens is 347 g/mol. The van der Waals surface area contributed by atoms with E-state index in [9.17, 15) is 14.3 Å². The fourth-order valence-corrected chi connectivity index (χ4v) is 4.58. The smallest absolute Gasteiger partial charge is 0.407 e. The topological polar surface area (TPSA) is 70.4 Å². The maximum absolute atomic E-state index is 14.7. The number of carbonyl (C=O) groups is 1. The van der Waals surface area contributed by atoms with Crippen molar-refractivity contribution in [1.82, 2.24) is 20.0 Å². The summed E-state index contributed by atoms with van der Waals surface area (Å²) in [4.78, 5) is 13.1. The number of aromatic nitrogens is 2. The second-order valence-electron chi connectivity index (χ2n) is 7.74. The van der Waals surface area contributed by atoms with E-state index in [4.69, 9.17) is 0 Å². The first-order chi connectivity index (χ1) is 13.1. The maximum atomic E-state index is 14.7. The van der Waals surface area contributed by atoms with E-state index >= 15 is 0 Å². The Kier molecular flexibility index (Phi) is 3.93. The number of benzene rings is 1. The summed E-state index contributed by atoms with van der Waals surface area (Å²) in [5, 5.41) is 17.2. The molecule has 0 saturated heterocycles. The zero-order valence-electron chi connectivity index (χ0n) is 15.1. The second kappa shape index (κ2) is 6.34. The molecule has 2 aliphatic heterocycles. The molecule has 6 nitrogen and oxygen atoms in total. The molecule has 3 aliphatic rings. The van der Waals surface area contributed by atoms with Crippen molar-refractivity contribution in [3.05, 3.63) is 46.8 Å². The SMILES string of the molecule is O=C(O)N1CCc2c3c(nn2-c2ccc(C4CCC4)cc2)C(F)CNCC31. The van der Waals surface area contributed by atoms with Crippen LogP contribution in [-0.4, -0.2) is 45.5 Å². The Hall–Kier alpha value is -2.41. The average Bonchev–Trinajstić information content (AvgIpc) is 2.92. The Morgan fingerprint density at radius 2 is 2.00 bits per heavy atom. The molecule has 3 heterocycles. The average molecular weight is 370 g/mol. The number of amides is 1. The van der Waals surface area contributed by atoms with Crippen LogP contribution in [0.1, 0.15) is 59.9 Å². The molecule has 1 aromatic heterocycles. The highest BCUT2D eigenvalue weighted by Crippen LogP contribution is 2.39. The summed E-state index contributed by atoms with van der Waals surface area (Å²) in [6.45, 7) is 0.976. The molecule has 27 heavy (non-hydrogen) atoms. The van der Waals surface area contributed by atoms with Crippen LogP contribution in [0.4, 0.5) is 9.18 Å². The Balaban J connectivity index is 1.57. The van der Waals surface area contributed by atoms with Gasteiger partial charge in [-0.2, -0.15) is 5.10 Å². The van der Waals surface area contributed by atoms with Crippen molar-refractivity contribution in [1.29, 1.82) is 0 Å². The number of nitrogens with one attached hydrogen (secondary N) is 1. The van der Waals surface area contributed by atoms with Crippen LogP contribution in [-0.2, 0) is 6.42 Å². The number of halogens is 1. The van der Waals surface area contributed by atoms with E-state index in [-0.39, 0.29) is 12.6 Å². The molecule has 7 heteroatoms. The molecule has 5 rings (SSSR count). The normalized spacial score (nSPS) is 24.9. The summed E-state index contributed by atoms with van der Waals surface area (Å²) < 4.78 is 16.6. The van der Waals surface area contributed by atoms with Gasteiger partial charge in [-0.1, -0.05) is 18.6 Å². The van der Waals surface area contributed by atoms with Crippen LogP contribution in [0.2, 0.25) is 0 Å². The molecule has 2 aromatic rings. The number of carboxylic acid groups (broad SMARTS) is 1. The molecule has 1 amide bonds. The van der Waals surface area contributed by atoms with E-state index < -0.39 is 12.3 Å². The lowest BCUT2D eigenvalue weighted by atomic mass is 9.80. The number of rotatable bonds is 2. The lowest BCUT2D eigenvalue weighted by Crippen LogP contribution is -2.43. The molecule has 1 aliphatic carbocycles. The predicted molar refractivity (Wildman–Crippen MR) is 98.1 cm³/mol. The summed E-state index contributed by atoms with van der Waals surface area (Å²) in [7, 11) is 0. The molecule has 2 N–H and O–H groups in total. The van der Waals surface area contributed by atoms with Gasteiger partial charge in [0.05, 0.1) is 17.4 Å². The Labute approximate surface area is 157 Å². The molecule has 1 aromatic carbocycles. The van der Waals surface area contributed by atoms with Gasteiger partial charge in [0.15, 0.2) is 6.17 Å². The summed E-state index contributed by atoms with van der Waals surface area (Å²) in [5.74, 6) is 0.668. The standard InChI is InChI=1S/C20H23FN4O2/c21-15-10-22-11-17-18-16(8-9-24(17)20(26)27)25(23-19(15)18)14-6-4-13(5-7-14)12-2-1-3-12/h4-7,12,15,17,22H,1-3,8-11H2,(H,26,27). The molecular formula is C20H23FN4O2. The number of alkyl halides is 1. The Morgan fingerprint density at radius 1 is 1.22 bits per heavy atom.